The second kappa shape index (κ2) is 6.78. The van der Waals surface area contributed by atoms with Crippen LogP contribution in [0.25, 0.3) is 5.57 Å². The van der Waals surface area contributed by atoms with Gasteiger partial charge >= 0.3 is 6.09 Å². The second-order valence-electron chi connectivity index (χ2n) is 6.64. The highest BCUT2D eigenvalue weighted by Crippen LogP contribution is 2.30. The molecule has 1 fully saturated rings. The molecule has 0 unspecified atom stereocenters. The van der Waals surface area contributed by atoms with Gasteiger partial charge in [-0.1, -0.05) is 6.58 Å². The first kappa shape index (κ1) is 16.9. The number of aromatic nitrogens is 2. The Kier molecular flexibility index (Phi) is 4.99. The lowest BCUT2D eigenvalue weighted by Crippen LogP contribution is -2.41. The maximum atomic E-state index is 12.1. The van der Waals surface area contributed by atoms with Crippen molar-refractivity contribution in [2.75, 3.05) is 13.1 Å². The Morgan fingerprint density at radius 3 is 2.65 bits per heavy atom. The normalized spacial score (nSPS) is 15.8. The molecule has 0 bridgehead atoms. The zero-order valence-corrected chi connectivity index (χ0v) is 13.9. The maximum Gasteiger partial charge on any atom is 0.410 e. The van der Waals surface area contributed by atoms with Crippen LogP contribution >= 0.6 is 0 Å². The summed E-state index contributed by atoms with van der Waals surface area (Å²) in [7, 11) is 0. The third kappa shape index (κ3) is 4.52. The molecule has 1 amide bonds. The molecule has 122 valence electrons. The van der Waals surface area contributed by atoms with E-state index >= 15 is 0 Å². The Labute approximate surface area is 136 Å². The molecule has 1 aromatic heterocycles. The Morgan fingerprint density at radius 1 is 1.43 bits per heavy atom. The van der Waals surface area contributed by atoms with Gasteiger partial charge in [-0.2, -0.15) is 5.26 Å². The zero-order chi connectivity index (χ0) is 17.0. The molecule has 0 radical (unpaired) electrons. The third-order valence-electron chi connectivity index (χ3n) is 3.72. The molecular weight excluding hydrogens is 292 g/mol. The van der Waals surface area contributed by atoms with Crippen molar-refractivity contribution in [3.05, 3.63) is 30.4 Å². The number of allylic oxidation sites excluding steroid dienone is 1. The molecule has 6 nitrogen and oxygen atoms in total. The highest BCUT2D eigenvalue weighted by atomic mass is 16.6. The number of nitriles is 1. The molecule has 0 aromatic carbocycles. The summed E-state index contributed by atoms with van der Waals surface area (Å²) in [6, 6.07) is 3.70. The summed E-state index contributed by atoms with van der Waals surface area (Å²) in [6.45, 7) is 11.0. The fraction of sp³-hybridized carbons (Fsp3) is 0.529. The number of hydrogen-bond donors (Lipinski definition) is 0. The monoisotopic (exact) mass is 314 g/mol. The standard InChI is InChI=1S/C17H22N4O2/c1-12(14-5-8-19-15(11-18)20-14)13-6-9-21(10-7-13)16(22)23-17(2,3)4/h5,8,13H,1,6-7,9-10H2,2-4H3. The largest absolute Gasteiger partial charge is 0.444 e. The number of piperidine rings is 1. The molecule has 2 rings (SSSR count). The van der Waals surface area contributed by atoms with Crippen LogP contribution in [-0.2, 0) is 4.74 Å². The van der Waals surface area contributed by atoms with Crippen molar-refractivity contribution >= 4 is 11.7 Å². The Morgan fingerprint density at radius 2 is 2.09 bits per heavy atom. The van der Waals surface area contributed by atoms with E-state index in [-0.39, 0.29) is 17.8 Å². The van der Waals surface area contributed by atoms with Gasteiger partial charge in [0.15, 0.2) is 0 Å². The third-order valence-corrected chi connectivity index (χ3v) is 3.72. The van der Waals surface area contributed by atoms with Crippen LogP contribution in [0.4, 0.5) is 4.79 Å². The predicted octanol–water partition coefficient (Wildman–Crippen LogP) is 3.01. The highest BCUT2D eigenvalue weighted by molar-refractivity contribution is 5.69. The number of hydrogen-bond acceptors (Lipinski definition) is 5. The molecule has 0 N–H and O–H groups in total. The van der Waals surface area contributed by atoms with Gasteiger partial charge in [-0.3, -0.25) is 0 Å². The van der Waals surface area contributed by atoms with Crippen LogP contribution < -0.4 is 0 Å². The van der Waals surface area contributed by atoms with Crippen LogP contribution in [0.2, 0.25) is 0 Å². The van der Waals surface area contributed by atoms with Crippen LogP contribution in [0.5, 0.6) is 0 Å². The Hall–Kier alpha value is -2.42. The van der Waals surface area contributed by atoms with Crippen LogP contribution in [0.15, 0.2) is 18.8 Å². The number of nitrogens with zero attached hydrogens (tertiary/aromatic N) is 4. The molecule has 1 aliphatic heterocycles. The minimum atomic E-state index is -0.480. The van der Waals surface area contributed by atoms with E-state index in [4.69, 9.17) is 10.00 Å². The lowest BCUT2D eigenvalue weighted by molar-refractivity contribution is 0.0200. The summed E-state index contributed by atoms with van der Waals surface area (Å²) >= 11 is 0. The topological polar surface area (TPSA) is 79.1 Å². The van der Waals surface area contributed by atoms with Gasteiger partial charge in [0.2, 0.25) is 5.82 Å². The number of likely N-dealkylation sites (tertiary alicyclic amines) is 1. The summed E-state index contributed by atoms with van der Waals surface area (Å²) in [4.78, 5) is 21.9. The first-order valence-electron chi connectivity index (χ1n) is 7.70. The molecule has 0 spiro atoms. The Balaban J connectivity index is 1.95. The van der Waals surface area contributed by atoms with Gasteiger partial charge < -0.3 is 9.64 Å². The van der Waals surface area contributed by atoms with E-state index in [1.165, 1.54) is 0 Å². The molecule has 0 aliphatic carbocycles. The van der Waals surface area contributed by atoms with Crippen molar-refractivity contribution < 1.29 is 9.53 Å². The van der Waals surface area contributed by atoms with E-state index in [1.54, 1.807) is 17.2 Å². The highest BCUT2D eigenvalue weighted by Gasteiger charge is 2.28. The van der Waals surface area contributed by atoms with Crippen molar-refractivity contribution in [2.24, 2.45) is 5.92 Å². The molecule has 2 heterocycles. The lowest BCUT2D eigenvalue weighted by Gasteiger charge is -2.34. The molecule has 23 heavy (non-hydrogen) atoms. The van der Waals surface area contributed by atoms with Gasteiger partial charge in [-0.15, -0.1) is 0 Å². The smallest absolute Gasteiger partial charge is 0.410 e. The number of carbonyl (C=O) groups excluding carboxylic acids is 1. The van der Waals surface area contributed by atoms with Crippen LogP contribution in [0.3, 0.4) is 0 Å². The minimum Gasteiger partial charge on any atom is -0.444 e. The van der Waals surface area contributed by atoms with E-state index in [9.17, 15) is 4.79 Å². The molecule has 0 saturated carbocycles. The summed E-state index contributed by atoms with van der Waals surface area (Å²) in [5.41, 5.74) is 1.12. The van der Waals surface area contributed by atoms with Crippen LogP contribution in [-0.4, -0.2) is 39.7 Å². The molecular formula is C17H22N4O2. The average molecular weight is 314 g/mol. The van der Waals surface area contributed by atoms with Gasteiger partial charge in [-0.05, 0) is 51.2 Å². The van der Waals surface area contributed by atoms with Crippen molar-refractivity contribution in [3.63, 3.8) is 0 Å². The molecule has 6 heteroatoms. The van der Waals surface area contributed by atoms with E-state index < -0.39 is 5.60 Å². The lowest BCUT2D eigenvalue weighted by atomic mass is 9.88. The first-order valence-corrected chi connectivity index (χ1v) is 7.70. The fourth-order valence-electron chi connectivity index (χ4n) is 2.54. The number of carbonyl (C=O) groups is 1. The van der Waals surface area contributed by atoms with Gasteiger partial charge in [-0.25, -0.2) is 14.8 Å². The minimum absolute atomic E-state index is 0.148. The number of rotatable bonds is 2. The second-order valence-corrected chi connectivity index (χ2v) is 6.64. The van der Waals surface area contributed by atoms with Crippen molar-refractivity contribution in [3.8, 4) is 6.07 Å². The zero-order valence-electron chi connectivity index (χ0n) is 13.9. The molecule has 1 aliphatic rings. The van der Waals surface area contributed by atoms with Crippen molar-refractivity contribution in [2.45, 2.75) is 39.2 Å². The van der Waals surface area contributed by atoms with Gasteiger partial charge in [0, 0.05) is 19.3 Å². The first-order chi connectivity index (χ1) is 10.8. The predicted molar refractivity (Wildman–Crippen MR) is 86.3 cm³/mol. The molecule has 0 atom stereocenters. The van der Waals surface area contributed by atoms with Gasteiger partial charge in [0.25, 0.3) is 0 Å². The molecule has 1 aromatic rings. The number of ether oxygens (including phenoxy) is 1. The van der Waals surface area contributed by atoms with Crippen LogP contribution in [0.1, 0.15) is 45.1 Å². The summed E-state index contributed by atoms with van der Waals surface area (Å²) in [6.07, 6.45) is 2.92. The quantitative estimate of drug-likeness (QED) is 0.838. The van der Waals surface area contributed by atoms with E-state index in [1.807, 2.05) is 26.8 Å². The summed E-state index contributed by atoms with van der Waals surface area (Å²) in [5.74, 6) is 0.393. The van der Waals surface area contributed by atoms with E-state index in [0.29, 0.717) is 18.8 Å². The van der Waals surface area contributed by atoms with Crippen molar-refractivity contribution in [1.82, 2.24) is 14.9 Å². The van der Waals surface area contributed by atoms with E-state index in [0.717, 1.165) is 18.4 Å². The molecule has 1 saturated heterocycles. The van der Waals surface area contributed by atoms with Gasteiger partial charge in [0.1, 0.15) is 11.7 Å². The fourth-order valence-corrected chi connectivity index (χ4v) is 2.54. The van der Waals surface area contributed by atoms with E-state index in [2.05, 4.69) is 16.5 Å². The summed E-state index contributed by atoms with van der Waals surface area (Å²) < 4.78 is 5.40. The van der Waals surface area contributed by atoms with Crippen molar-refractivity contribution in [1.29, 1.82) is 5.26 Å². The Bertz CT molecular complexity index is 635. The number of amides is 1. The average Bonchev–Trinajstić information content (AvgIpc) is 2.53. The SMILES string of the molecule is C=C(c1ccnc(C#N)n1)C1CCN(C(=O)OC(C)(C)C)CC1. The van der Waals surface area contributed by atoms with Crippen LogP contribution in [0, 0.1) is 17.2 Å². The maximum absolute atomic E-state index is 12.1. The van der Waals surface area contributed by atoms with Gasteiger partial charge in [0.05, 0.1) is 5.69 Å². The summed E-state index contributed by atoms with van der Waals surface area (Å²) in [5, 5.41) is 8.88.